The zero-order valence-corrected chi connectivity index (χ0v) is 11.0. The third-order valence-corrected chi connectivity index (χ3v) is 2.83. The van der Waals surface area contributed by atoms with E-state index in [0.29, 0.717) is 12.0 Å². The Kier molecular flexibility index (Phi) is 5.29. The summed E-state index contributed by atoms with van der Waals surface area (Å²) in [5, 5.41) is 11.5. The Morgan fingerprint density at radius 2 is 2.16 bits per heavy atom. The molecule has 0 radical (unpaired) electrons. The predicted molar refractivity (Wildman–Crippen MR) is 70.2 cm³/mol. The summed E-state index contributed by atoms with van der Waals surface area (Å²) in [4.78, 5) is 36.5. The van der Waals surface area contributed by atoms with Crippen molar-refractivity contribution in [2.45, 2.75) is 39.2 Å². The van der Waals surface area contributed by atoms with E-state index in [2.05, 4.69) is 10.3 Å². The van der Waals surface area contributed by atoms with Gasteiger partial charge in [-0.1, -0.05) is 19.8 Å². The predicted octanol–water partition coefficient (Wildman–Crippen LogP) is 1.06. The molecule has 0 aliphatic carbocycles. The van der Waals surface area contributed by atoms with Crippen LogP contribution in [0, 0.1) is 6.92 Å². The van der Waals surface area contributed by atoms with Crippen LogP contribution < -0.4 is 10.9 Å². The lowest BCUT2D eigenvalue weighted by atomic mass is 10.1. The lowest BCUT2D eigenvalue weighted by Crippen LogP contribution is -2.41. The minimum Gasteiger partial charge on any atom is -0.480 e. The van der Waals surface area contributed by atoms with Crippen molar-refractivity contribution in [3.05, 3.63) is 33.7 Å². The number of rotatable bonds is 6. The van der Waals surface area contributed by atoms with Crippen LogP contribution in [-0.4, -0.2) is 28.0 Å². The van der Waals surface area contributed by atoms with E-state index in [9.17, 15) is 14.4 Å². The van der Waals surface area contributed by atoms with Crippen molar-refractivity contribution in [3.63, 3.8) is 0 Å². The number of hydrogen-bond donors (Lipinski definition) is 3. The van der Waals surface area contributed by atoms with Crippen molar-refractivity contribution in [1.82, 2.24) is 10.3 Å². The van der Waals surface area contributed by atoms with Gasteiger partial charge in [-0.25, -0.2) is 4.79 Å². The van der Waals surface area contributed by atoms with Gasteiger partial charge in [0.2, 0.25) is 5.56 Å². The summed E-state index contributed by atoms with van der Waals surface area (Å²) in [6.45, 7) is 3.58. The van der Waals surface area contributed by atoms with Gasteiger partial charge in [0.1, 0.15) is 6.04 Å². The summed E-state index contributed by atoms with van der Waals surface area (Å²) in [6.07, 6.45) is 3.27. The van der Waals surface area contributed by atoms with Gasteiger partial charge in [-0.15, -0.1) is 0 Å². The molecule has 0 fully saturated rings. The van der Waals surface area contributed by atoms with Gasteiger partial charge in [-0.3, -0.25) is 9.59 Å². The highest BCUT2D eigenvalue weighted by Gasteiger charge is 2.20. The topological polar surface area (TPSA) is 99.3 Å². The third kappa shape index (κ3) is 4.24. The Bertz CT molecular complexity index is 522. The van der Waals surface area contributed by atoms with Crippen LogP contribution >= 0.6 is 0 Å². The summed E-state index contributed by atoms with van der Waals surface area (Å²) >= 11 is 0. The van der Waals surface area contributed by atoms with Crippen molar-refractivity contribution in [2.75, 3.05) is 0 Å². The first-order valence-electron chi connectivity index (χ1n) is 6.18. The van der Waals surface area contributed by atoms with E-state index in [0.717, 1.165) is 12.8 Å². The molecule has 0 spiro atoms. The van der Waals surface area contributed by atoms with Crippen LogP contribution in [0.1, 0.15) is 42.1 Å². The van der Waals surface area contributed by atoms with Crippen LogP contribution in [0.25, 0.3) is 0 Å². The van der Waals surface area contributed by atoms with Crippen LogP contribution in [0.5, 0.6) is 0 Å². The van der Waals surface area contributed by atoms with E-state index in [-0.39, 0.29) is 11.1 Å². The lowest BCUT2D eigenvalue weighted by molar-refractivity contribution is -0.139. The number of carbonyl (C=O) groups is 2. The maximum Gasteiger partial charge on any atom is 0.326 e. The molecule has 0 aromatic carbocycles. The average molecular weight is 266 g/mol. The number of aromatic amines is 1. The Morgan fingerprint density at radius 3 is 2.68 bits per heavy atom. The van der Waals surface area contributed by atoms with Crippen LogP contribution in [-0.2, 0) is 4.79 Å². The first-order valence-corrected chi connectivity index (χ1v) is 6.18. The molecule has 104 valence electrons. The van der Waals surface area contributed by atoms with Crippen LogP contribution in [0.15, 0.2) is 17.1 Å². The van der Waals surface area contributed by atoms with Crippen LogP contribution in [0.3, 0.4) is 0 Å². The van der Waals surface area contributed by atoms with E-state index in [1.807, 2.05) is 6.92 Å². The van der Waals surface area contributed by atoms with Crippen LogP contribution in [0.4, 0.5) is 0 Å². The largest absolute Gasteiger partial charge is 0.480 e. The van der Waals surface area contributed by atoms with Gasteiger partial charge in [-0.05, 0) is 18.9 Å². The molecular formula is C13H18N2O4. The zero-order chi connectivity index (χ0) is 14.4. The molecule has 0 bridgehead atoms. The molecule has 0 unspecified atom stereocenters. The van der Waals surface area contributed by atoms with E-state index >= 15 is 0 Å². The van der Waals surface area contributed by atoms with Gasteiger partial charge >= 0.3 is 5.97 Å². The molecule has 1 amide bonds. The van der Waals surface area contributed by atoms with Gasteiger partial charge in [0.25, 0.3) is 5.91 Å². The number of aliphatic carboxylic acids is 1. The molecule has 0 aliphatic heterocycles. The number of unbranched alkanes of at least 4 members (excludes halogenated alkanes) is 1. The summed E-state index contributed by atoms with van der Waals surface area (Å²) < 4.78 is 0. The molecule has 6 nitrogen and oxygen atoms in total. The normalized spacial score (nSPS) is 11.9. The van der Waals surface area contributed by atoms with E-state index in [4.69, 9.17) is 5.11 Å². The fourth-order valence-corrected chi connectivity index (χ4v) is 1.72. The first-order chi connectivity index (χ1) is 8.95. The summed E-state index contributed by atoms with van der Waals surface area (Å²) in [6, 6.07) is 0.398. The molecule has 0 aliphatic rings. The van der Waals surface area contributed by atoms with Crippen molar-refractivity contribution in [1.29, 1.82) is 0 Å². The van der Waals surface area contributed by atoms with E-state index < -0.39 is 17.9 Å². The number of carboxylic acid groups (broad SMARTS) is 1. The second kappa shape index (κ2) is 6.72. The first kappa shape index (κ1) is 14.9. The van der Waals surface area contributed by atoms with Gasteiger partial charge in [0, 0.05) is 12.3 Å². The zero-order valence-electron chi connectivity index (χ0n) is 11.0. The van der Waals surface area contributed by atoms with E-state index in [1.165, 1.54) is 12.3 Å². The molecule has 0 saturated heterocycles. The van der Waals surface area contributed by atoms with Gasteiger partial charge in [0.05, 0.1) is 5.56 Å². The Hall–Kier alpha value is -2.11. The number of pyridine rings is 1. The highest BCUT2D eigenvalue weighted by molar-refractivity contribution is 5.97. The third-order valence-electron chi connectivity index (χ3n) is 2.83. The second-order valence-corrected chi connectivity index (χ2v) is 4.40. The second-order valence-electron chi connectivity index (χ2n) is 4.40. The molecule has 1 atom stereocenters. The van der Waals surface area contributed by atoms with Crippen LogP contribution in [0.2, 0.25) is 0 Å². The minimum absolute atomic E-state index is 0.280. The van der Waals surface area contributed by atoms with Crippen molar-refractivity contribution in [2.24, 2.45) is 0 Å². The summed E-state index contributed by atoms with van der Waals surface area (Å²) in [5.41, 5.74) is 0.498. The summed E-state index contributed by atoms with van der Waals surface area (Å²) in [5.74, 6) is -1.54. The van der Waals surface area contributed by atoms with Gasteiger partial charge in [0.15, 0.2) is 0 Å². The molecule has 6 heteroatoms. The number of carbonyl (C=O) groups excluding carboxylic acids is 1. The molecule has 1 aromatic rings. The average Bonchev–Trinajstić information content (AvgIpc) is 2.33. The number of aryl methyl sites for hydroxylation is 1. The van der Waals surface area contributed by atoms with Crippen molar-refractivity contribution < 1.29 is 14.7 Å². The number of carboxylic acids is 1. The van der Waals surface area contributed by atoms with Gasteiger partial charge in [-0.2, -0.15) is 0 Å². The van der Waals surface area contributed by atoms with E-state index in [1.54, 1.807) is 6.92 Å². The minimum atomic E-state index is -1.05. The number of hydrogen-bond acceptors (Lipinski definition) is 3. The maximum absolute atomic E-state index is 12.0. The highest BCUT2D eigenvalue weighted by Crippen LogP contribution is 2.06. The highest BCUT2D eigenvalue weighted by atomic mass is 16.4. The number of amides is 1. The number of aromatic nitrogens is 1. The smallest absolute Gasteiger partial charge is 0.326 e. The molecule has 19 heavy (non-hydrogen) atoms. The number of nitrogens with one attached hydrogen (secondary N) is 2. The Balaban J connectivity index is 2.81. The Morgan fingerprint density at radius 1 is 1.47 bits per heavy atom. The lowest BCUT2D eigenvalue weighted by Gasteiger charge is -2.14. The molecule has 0 saturated carbocycles. The Labute approximate surface area is 110 Å². The molecule has 1 rings (SSSR count). The maximum atomic E-state index is 12.0. The monoisotopic (exact) mass is 266 g/mol. The standard InChI is InChI=1S/C13H18N2O4/c1-3-4-5-10(13(18)19)15-12(17)9-7-14-11(16)6-8(9)2/h6-7,10H,3-5H2,1-2H3,(H,14,16)(H,15,17)(H,18,19)/t10-/m0/s1. The van der Waals surface area contributed by atoms with Crippen molar-refractivity contribution >= 4 is 11.9 Å². The fraction of sp³-hybridized carbons (Fsp3) is 0.462. The molecule has 3 N–H and O–H groups in total. The molecular weight excluding hydrogens is 248 g/mol. The van der Waals surface area contributed by atoms with Gasteiger partial charge < -0.3 is 15.4 Å². The molecule has 1 aromatic heterocycles. The fourth-order valence-electron chi connectivity index (χ4n) is 1.72. The quantitative estimate of drug-likeness (QED) is 0.716. The number of H-pyrrole nitrogens is 1. The van der Waals surface area contributed by atoms with Crippen molar-refractivity contribution in [3.8, 4) is 0 Å². The SMILES string of the molecule is CCCC[C@H](NC(=O)c1c[nH]c(=O)cc1C)C(=O)O. The summed E-state index contributed by atoms with van der Waals surface area (Å²) in [7, 11) is 0. The molecule has 1 heterocycles.